The molecule has 0 amide bonds. The van der Waals surface area contributed by atoms with E-state index in [1.54, 1.807) is 0 Å². The largest absolute Gasteiger partial charge is 0.469 e. The monoisotopic (exact) mass is 353 g/mol. The van der Waals surface area contributed by atoms with Crippen LogP contribution in [-0.2, 0) is 9.53 Å². The maximum absolute atomic E-state index is 11.2. The number of carbonyl (C=O) groups excluding carboxylic acids is 1. The van der Waals surface area contributed by atoms with E-state index < -0.39 is 8.07 Å². The standard InChI is InChI=1S/C18H27NO2Si.ClH/c1-18(2,3)22(5,6)12-11-14-7-9-15(10-8-14)16(19)13-17(20)21-4;/h7-10,16H,13,19H2,1-6H3;1H/t16-;/m0./s1. The number of rotatable bonds is 3. The molecule has 2 N–H and O–H groups in total. The lowest BCUT2D eigenvalue weighted by Crippen LogP contribution is -2.35. The lowest BCUT2D eigenvalue weighted by atomic mass is 10.0. The second-order valence-electron chi connectivity index (χ2n) is 7.13. The van der Waals surface area contributed by atoms with Gasteiger partial charge in [-0.1, -0.05) is 51.9 Å². The van der Waals surface area contributed by atoms with Crippen LogP contribution in [0.1, 0.15) is 44.4 Å². The SMILES string of the molecule is COC(=O)C[C@H](N)c1ccc(C#C[Si](C)(C)C(C)(C)C)cc1.Cl. The molecule has 0 spiro atoms. The number of carbonyl (C=O) groups is 1. The van der Waals surface area contributed by atoms with Crippen LogP contribution in [-0.4, -0.2) is 21.2 Å². The zero-order valence-corrected chi connectivity index (χ0v) is 16.7. The van der Waals surface area contributed by atoms with Crippen molar-refractivity contribution in [1.29, 1.82) is 0 Å². The molecule has 0 aromatic heterocycles. The van der Waals surface area contributed by atoms with Crippen LogP contribution < -0.4 is 5.73 Å². The highest BCUT2D eigenvalue weighted by Gasteiger charge is 2.33. The third-order valence-corrected chi connectivity index (χ3v) is 8.85. The molecule has 1 aromatic rings. The van der Waals surface area contributed by atoms with Crippen LogP contribution in [0.15, 0.2) is 24.3 Å². The first-order chi connectivity index (χ1) is 10.1. The molecule has 0 radical (unpaired) electrons. The van der Waals surface area contributed by atoms with Crippen LogP contribution in [0.3, 0.4) is 0 Å². The van der Waals surface area contributed by atoms with Crippen molar-refractivity contribution in [1.82, 2.24) is 0 Å². The van der Waals surface area contributed by atoms with Gasteiger partial charge in [0.05, 0.1) is 13.5 Å². The van der Waals surface area contributed by atoms with E-state index in [0.29, 0.717) is 0 Å². The minimum atomic E-state index is -1.60. The van der Waals surface area contributed by atoms with E-state index in [1.807, 2.05) is 24.3 Å². The second kappa shape index (κ2) is 8.54. The fourth-order valence-electron chi connectivity index (χ4n) is 1.61. The van der Waals surface area contributed by atoms with E-state index >= 15 is 0 Å². The third-order valence-electron chi connectivity index (χ3n) is 4.35. The Kier molecular flexibility index (Phi) is 8.06. The number of ether oxygens (including phenoxy) is 1. The summed E-state index contributed by atoms with van der Waals surface area (Å²) in [6, 6.07) is 7.46. The predicted octanol–water partition coefficient (Wildman–Crippen LogP) is 4.07. The molecular formula is C18H28ClNO2Si. The molecule has 1 aromatic carbocycles. The maximum atomic E-state index is 11.2. The number of benzene rings is 1. The third kappa shape index (κ3) is 6.38. The lowest BCUT2D eigenvalue weighted by Gasteiger charge is -2.31. The van der Waals surface area contributed by atoms with Gasteiger partial charge in [-0.2, -0.15) is 0 Å². The van der Waals surface area contributed by atoms with Crippen LogP contribution in [0.2, 0.25) is 18.1 Å². The van der Waals surface area contributed by atoms with Gasteiger partial charge in [0.2, 0.25) is 0 Å². The van der Waals surface area contributed by atoms with Crippen molar-refractivity contribution in [3.05, 3.63) is 35.4 Å². The van der Waals surface area contributed by atoms with E-state index in [2.05, 4.69) is 50.1 Å². The summed E-state index contributed by atoms with van der Waals surface area (Å²) in [7, 11) is -0.227. The Bertz CT molecular complexity index is 580. The Morgan fingerprint density at radius 3 is 2.22 bits per heavy atom. The summed E-state index contributed by atoms with van der Waals surface area (Å²) in [5.41, 5.74) is 11.4. The zero-order chi connectivity index (χ0) is 17.0. The maximum Gasteiger partial charge on any atom is 0.307 e. The number of methoxy groups -OCH3 is 1. The fourth-order valence-corrected chi connectivity index (χ4v) is 2.44. The normalized spacial score (nSPS) is 12.5. The zero-order valence-electron chi connectivity index (χ0n) is 14.9. The number of halogens is 1. The molecule has 0 saturated carbocycles. The average molecular weight is 354 g/mol. The minimum Gasteiger partial charge on any atom is -0.469 e. The molecule has 0 unspecified atom stereocenters. The Labute approximate surface area is 147 Å². The van der Waals surface area contributed by atoms with Crippen LogP contribution >= 0.6 is 12.4 Å². The van der Waals surface area contributed by atoms with E-state index in [-0.39, 0.29) is 35.9 Å². The van der Waals surface area contributed by atoms with Crippen molar-refractivity contribution < 1.29 is 9.53 Å². The number of nitrogens with two attached hydrogens (primary N) is 1. The Morgan fingerprint density at radius 1 is 1.26 bits per heavy atom. The molecule has 23 heavy (non-hydrogen) atoms. The summed E-state index contributed by atoms with van der Waals surface area (Å²) >= 11 is 0. The number of esters is 1. The topological polar surface area (TPSA) is 52.3 Å². The molecule has 0 saturated heterocycles. The Hall–Kier alpha value is -1.28. The van der Waals surface area contributed by atoms with E-state index in [4.69, 9.17) is 5.73 Å². The van der Waals surface area contributed by atoms with Gasteiger partial charge in [-0.05, 0) is 22.7 Å². The summed E-state index contributed by atoms with van der Waals surface area (Å²) in [6.45, 7) is 11.3. The average Bonchev–Trinajstić information content (AvgIpc) is 2.44. The molecule has 0 aliphatic heterocycles. The van der Waals surface area contributed by atoms with Crippen LogP contribution in [0.4, 0.5) is 0 Å². The summed E-state index contributed by atoms with van der Waals surface area (Å²) in [5.74, 6) is 2.99. The van der Waals surface area contributed by atoms with E-state index in [1.165, 1.54) is 7.11 Å². The van der Waals surface area contributed by atoms with Gasteiger partial charge in [0.15, 0.2) is 0 Å². The number of hydrogen-bond donors (Lipinski definition) is 1. The van der Waals surface area contributed by atoms with Gasteiger partial charge in [-0.25, -0.2) is 0 Å². The first kappa shape index (κ1) is 21.7. The molecule has 0 heterocycles. The molecule has 128 valence electrons. The van der Waals surface area contributed by atoms with Crippen molar-refractivity contribution in [2.24, 2.45) is 5.73 Å². The van der Waals surface area contributed by atoms with Gasteiger partial charge in [0, 0.05) is 11.6 Å². The molecule has 0 aliphatic carbocycles. The summed E-state index contributed by atoms with van der Waals surface area (Å²) < 4.78 is 4.64. The summed E-state index contributed by atoms with van der Waals surface area (Å²) in [4.78, 5) is 11.2. The van der Waals surface area contributed by atoms with Gasteiger partial charge in [-0.15, -0.1) is 18.0 Å². The quantitative estimate of drug-likeness (QED) is 0.506. The molecular weight excluding hydrogens is 326 g/mol. The van der Waals surface area contributed by atoms with Crippen molar-refractivity contribution in [2.45, 2.75) is 51.4 Å². The number of hydrogen-bond acceptors (Lipinski definition) is 3. The summed E-state index contributed by atoms with van der Waals surface area (Å²) in [6.07, 6.45) is 0.186. The smallest absolute Gasteiger partial charge is 0.307 e. The first-order valence-corrected chi connectivity index (χ1v) is 10.5. The van der Waals surface area contributed by atoms with Gasteiger partial charge in [0.1, 0.15) is 8.07 Å². The lowest BCUT2D eigenvalue weighted by molar-refractivity contribution is -0.141. The predicted molar refractivity (Wildman–Crippen MR) is 101 cm³/mol. The van der Waals surface area contributed by atoms with Crippen molar-refractivity contribution in [3.8, 4) is 11.5 Å². The molecule has 1 atom stereocenters. The fraction of sp³-hybridized carbons (Fsp3) is 0.500. The van der Waals surface area contributed by atoms with Gasteiger partial charge >= 0.3 is 5.97 Å². The molecule has 3 nitrogen and oxygen atoms in total. The van der Waals surface area contributed by atoms with Crippen LogP contribution in [0.25, 0.3) is 0 Å². The van der Waals surface area contributed by atoms with Crippen molar-refractivity contribution in [2.75, 3.05) is 7.11 Å². The molecule has 0 aliphatic rings. The highest BCUT2D eigenvalue weighted by Crippen LogP contribution is 2.35. The van der Waals surface area contributed by atoms with Crippen LogP contribution in [0.5, 0.6) is 0 Å². The van der Waals surface area contributed by atoms with E-state index in [9.17, 15) is 4.79 Å². The first-order valence-electron chi connectivity index (χ1n) is 7.52. The van der Waals surface area contributed by atoms with Crippen LogP contribution in [0, 0.1) is 11.5 Å². The van der Waals surface area contributed by atoms with Crippen molar-refractivity contribution >= 4 is 26.5 Å². The Morgan fingerprint density at radius 2 is 1.78 bits per heavy atom. The van der Waals surface area contributed by atoms with Gasteiger partial charge in [0.25, 0.3) is 0 Å². The highest BCUT2D eigenvalue weighted by molar-refractivity contribution is 6.87. The van der Waals surface area contributed by atoms with Gasteiger partial charge < -0.3 is 10.5 Å². The molecule has 5 heteroatoms. The minimum absolute atomic E-state index is 0. The molecule has 0 fully saturated rings. The Balaban J connectivity index is 0.00000484. The summed E-state index contributed by atoms with van der Waals surface area (Å²) in [5, 5.41) is 0.253. The highest BCUT2D eigenvalue weighted by atomic mass is 35.5. The second-order valence-corrected chi connectivity index (χ2v) is 12.1. The molecule has 1 rings (SSSR count). The van der Waals surface area contributed by atoms with Crippen molar-refractivity contribution in [3.63, 3.8) is 0 Å². The van der Waals surface area contributed by atoms with E-state index in [0.717, 1.165) is 11.1 Å². The molecule has 0 bridgehead atoms. The van der Waals surface area contributed by atoms with Gasteiger partial charge in [-0.3, -0.25) is 4.79 Å².